The van der Waals surface area contributed by atoms with Crippen molar-refractivity contribution in [2.45, 2.75) is 59.8 Å². The van der Waals surface area contributed by atoms with Crippen LogP contribution in [0.25, 0.3) is 0 Å². The van der Waals surface area contributed by atoms with Crippen molar-refractivity contribution in [2.24, 2.45) is 23.2 Å². The Morgan fingerprint density at radius 2 is 2.12 bits per heavy atom. The summed E-state index contributed by atoms with van der Waals surface area (Å²) in [6.07, 6.45) is 5.68. The zero-order chi connectivity index (χ0) is 13.1. The molecule has 1 aliphatic rings. The van der Waals surface area contributed by atoms with Crippen molar-refractivity contribution in [3.05, 3.63) is 0 Å². The predicted octanol–water partition coefficient (Wildman–Crippen LogP) is 3.63. The molecule has 3 atom stereocenters. The summed E-state index contributed by atoms with van der Waals surface area (Å²) in [4.78, 5) is 21.5. The van der Waals surface area contributed by atoms with Gasteiger partial charge in [0.1, 0.15) is 12.1 Å². The fourth-order valence-electron chi connectivity index (χ4n) is 3.43. The Balaban J connectivity index is 2.49. The van der Waals surface area contributed by atoms with Gasteiger partial charge in [0.05, 0.1) is 0 Å². The molecule has 0 aromatic carbocycles. The van der Waals surface area contributed by atoms with E-state index < -0.39 is 0 Å². The molecule has 0 radical (unpaired) electrons. The Morgan fingerprint density at radius 1 is 1.47 bits per heavy atom. The van der Waals surface area contributed by atoms with Crippen molar-refractivity contribution in [1.82, 2.24) is 0 Å². The minimum Gasteiger partial charge on any atom is -0.303 e. The quantitative estimate of drug-likeness (QED) is 0.635. The molecule has 0 N–H and O–H groups in total. The normalized spacial score (nSPS) is 28.2. The Kier molecular flexibility index (Phi) is 4.91. The minimum absolute atomic E-state index is 0.298. The number of Topliss-reactive ketones (excluding diaryl/α,β-unsaturated/α-hetero) is 1. The Labute approximate surface area is 105 Å². The highest BCUT2D eigenvalue weighted by molar-refractivity contribution is 5.75. The summed E-state index contributed by atoms with van der Waals surface area (Å²) in [5.41, 5.74) is 0.384. The number of rotatable bonds is 7. The number of hydrogen-bond donors (Lipinski definition) is 0. The highest BCUT2D eigenvalue weighted by Crippen LogP contribution is 2.56. The van der Waals surface area contributed by atoms with E-state index in [-0.39, 0.29) is 0 Å². The largest absolute Gasteiger partial charge is 0.303 e. The van der Waals surface area contributed by atoms with Crippen molar-refractivity contribution in [3.63, 3.8) is 0 Å². The summed E-state index contributed by atoms with van der Waals surface area (Å²) in [7, 11) is 0. The van der Waals surface area contributed by atoms with Crippen LogP contribution in [-0.2, 0) is 9.59 Å². The average Bonchev–Trinajstić information content (AvgIpc) is 2.22. The van der Waals surface area contributed by atoms with Crippen LogP contribution in [0.4, 0.5) is 0 Å². The summed E-state index contributed by atoms with van der Waals surface area (Å²) in [5.74, 6) is 2.29. The maximum atomic E-state index is 11.1. The molecular formula is C15H26O2. The topological polar surface area (TPSA) is 34.1 Å². The minimum atomic E-state index is 0.298. The first-order chi connectivity index (χ1) is 7.88. The summed E-state index contributed by atoms with van der Waals surface area (Å²) < 4.78 is 0. The molecule has 0 aromatic rings. The number of hydrogen-bond acceptors (Lipinski definition) is 2. The van der Waals surface area contributed by atoms with Gasteiger partial charge in [-0.25, -0.2) is 0 Å². The van der Waals surface area contributed by atoms with Gasteiger partial charge >= 0.3 is 0 Å². The second-order valence-corrected chi connectivity index (χ2v) is 6.43. The third-order valence-corrected chi connectivity index (χ3v) is 4.56. The molecule has 0 amide bonds. The lowest BCUT2D eigenvalue weighted by atomic mass is 9.51. The first kappa shape index (κ1) is 14.4. The van der Waals surface area contributed by atoms with Crippen molar-refractivity contribution in [3.8, 4) is 0 Å². The van der Waals surface area contributed by atoms with Gasteiger partial charge in [0.2, 0.25) is 0 Å². The fourth-order valence-corrected chi connectivity index (χ4v) is 3.43. The first-order valence-electron chi connectivity index (χ1n) is 6.81. The number of carbonyl (C=O) groups excluding carboxylic acids is 2. The summed E-state index contributed by atoms with van der Waals surface area (Å²) in [6, 6.07) is 0. The molecule has 0 spiro atoms. The molecular weight excluding hydrogens is 212 g/mol. The SMILES string of the molecule is CC(=O)CC[C@@H]1[C@@H]([C@H](C)CCC=O)CC1(C)C. The van der Waals surface area contributed by atoms with Crippen LogP contribution in [0.2, 0.25) is 0 Å². The van der Waals surface area contributed by atoms with Gasteiger partial charge < -0.3 is 9.59 Å². The molecule has 0 unspecified atom stereocenters. The average molecular weight is 238 g/mol. The zero-order valence-electron chi connectivity index (χ0n) is 11.7. The van der Waals surface area contributed by atoms with Gasteiger partial charge in [0.15, 0.2) is 0 Å². The van der Waals surface area contributed by atoms with E-state index in [0.717, 1.165) is 19.1 Å². The summed E-state index contributed by atoms with van der Waals surface area (Å²) in [6.45, 7) is 8.54. The van der Waals surface area contributed by atoms with Crippen LogP contribution in [0.5, 0.6) is 0 Å². The molecule has 17 heavy (non-hydrogen) atoms. The highest BCUT2D eigenvalue weighted by Gasteiger charge is 2.48. The molecule has 0 heterocycles. The molecule has 0 aromatic heterocycles. The second-order valence-electron chi connectivity index (χ2n) is 6.43. The number of ketones is 1. The third kappa shape index (κ3) is 3.65. The maximum Gasteiger partial charge on any atom is 0.129 e. The second kappa shape index (κ2) is 5.79. The lowest BCUT2D eigenvalue weighted by molar-refractivity contribution is -0.119. The van der Waals surface area contributed by atoms with Gasteiger partial charge in [-0.1, -0.05) is 20.8 Å². The molecule has 0 aliphatic heterocycles. The van der Waals surface area contributed by atoms with E-state index in [2.05, 4.69) is 20.8 Å². The van der Waals surface area contributed by atoms with Gasteiger partial charge in [-0.15, -0.1) is 0 Å². The molecule has 2 heteroatoms. The van der Waals surface area contributed by atoms with Crippen LogP contribution in [0.1, 0.15) is 59.8 Å². The van der Waals surface area contributed by atoms with Crippen molar-refractivity contribution < 1.29 is 9.59 Å². The molecule has 98 valence electrons. The van der Waals surface area contributed by atoms with E-state index in [9.17, 15) is 9.59 Å². The molecule has 1 saturated carbocycles. The summed E-state index contributed by atoms with van der Waals surface area (Å²) in [5, 5.41) is 0. The molecule has 1 aliphatic carbocycles. The van der Waals surface area contributed by atoms with Gasteiger partial charge in [-0.2, -0.15) is 0 Å². The van der Waals surface area contributed by atoms with Gasteiger partial charge in [0, 0.05) is 12.8 Å². The molecule has 1 fully saturated rings. The van der Waals surface area contributed by atoms with Gasteiger partial charge in [0.25, 0.3) is 0 Å². The van der Waals surface area contributed by atoms with Crippen LogP contribution < -0.4 is 0 Å². The van der Waals surface area contributed by atoms with Crippen molar-refractivity contribution in [2.75, 3.05) is 0 Å². The van der Waals surface area contributed by atoms with Gasteiger partial charge in [-0.05, 0) is 49.4 Å². The van der Waals surface area contributed by atoms with E-state index >= 15 is 0 Å². The maximum absolute atomic E-state index is 11.1. The van der Waals surface area contributed by atoms with E-state index in [1.165, 1.54) is 6.42 Å². The molecule has 2 nitrogen and oxygen atoms in total. The third-order valence-electron chi connectivity index (χ3n) is 4.56. The van der Waals surface area contributed by atoms with E-state index in [4.69, 9.17) is 0 Å². The fraction of sp³-hybridized carbons (Fsp3) is 0.867. The molecule has 0 saturated heterocycles. The Bertz CT molecular complexity index is 281. The van der Waals surface area contributed by atoms with Crippen LogP contribution in [0, 0.1) is 23.2 Å². The van der Waals surface area contributed by atoms with Crippen LogP contribution >= 0.6 is 0 Å². The zero-order valence-corrected chi connectivity index (χ0v) is 11.7. The Morgan fingerprint density at radius 3 is 2.59 bits per heavy atom. The lowest BCUT2D eigenvalue weighted by Crippen LogP contribution is -2.46. The first-order valence-corrected chi connectivity index (χ1v) is 6.81. The number of carbonyl (C=O) groups is 2. The van der Waals surface area contributed by atoms with Crippen molar-refractivity contribution >= 4 is 12.1 Å². The smallest absolute Gasteiger partial charge is 0.129 e. The molecule has 0 bridgehead atoms. The molecule has 1 rings (SSSR count). The van der Waals surface area contributed by atoms with E-state index in [1.807, 2.05) is 0 Å². The van der Waals surface area contributed by atoms with E-state index in [0.29, 0.717) is 41.8 Å². The van der Waals surface area contributed by atoms with Crippen LogP contribution in [-0.4, -0.2) is 12.1 Å². The van der Waals surface area contributed by atoms with Crippen LogP contribution in [0.3, 0.4) is 0 Å². The van der Waals surface area contributed by atoms with E-state index in [1.54, 1.807) is 6.92 Å². The monoisotopic (exact) mass is 238 g/mol. The predicted molar refractivity (Wildman–Crippen MR) is 69.8 cm³/mol. The standard InChI is InChI=1S/C15H26O2/c1-11(6-5-9-16)13-10-15(3,4)14(13)8-7-12(2)17/h9,11,13-14H,5-8,10H2,1-4H3/t11-,13-,14-/m1/s1. The highest BCUT2D eigenvalue weighted by atomic mass is 16.1. The number of aldehydes is 1. The van der Waals surface area contributed by atoms with Crippen molar-refractivity contribution in [1.29, 1.82) is 0 Å². The lowest BCUT2D eigenvalue weighted by Gasteiger charge is -2.54. The summed E-state index contributed by atoms with van der Waals surface area (Å²) >= 11 is 0. The van der Waals surface area contributed by atoms with Crippen LogP contribution in [0.15, 0.2) is 0 Å². The Hall–Kier alpha value is -0.660. The van der Waals surface area contributed by atoms with Gasteiger partial charge in [-0.3, -0.25) is 0 Å².